The predicted octanol–water partition coefficient (Wildman–Crippen LogP) is 2.09. The molecule has 1 fully saturated rings. The number of aromatic nitrogens is 2. The molecule has 0 radical (unpaired) electrons. The average molecular weight is 303 g/mol. The molecule has 1 saturated heterocycles. The van der Waals surface area contributed by atoms with Gasteiger partial charge in [-0.2, -0.15) is 5.10 Å². The molecule has 1 aromatic heterocycles. The van der Waals surface area contributed by atoms with Crippen molar-refractivity contribution in [1.29, 1.82) is 0 Å². The van der Waals surface area contributed by atoms with Crippen LogP contribution in [0.15, 0.2) is 42.7 Å². The van der Waals surface area contributed by atoms with Gasteiger partial charge in [0, 0.05) is 25.4 Å². The molecule has 1 aromatic carbocycles. The van der Waals surface area contributed by atoms with Crippen LogP contribution in [0, 0.1) is 5.82 Å². The van der Waals surface area contributed by atoms with Gasteiger partial charge < -0.3 is 9.64 Å². The Morgan fingerprint density at radius 2 is 2.09 bits per heavy atom. The smallest absolute Gasteiger partial charge is 0.222 e. The number of ether oxygens (including phenoxy) is 1. The van der Waals surface area contributed by atoms with Gasteiger partial charge in [-0.05, 0) is 36.8 Å². The number of carbonyl (C=O) groups is 1. The molecule has 22 heavy (non-hydrogen) atoms. The summed E-state index contributed by atoms with van der Waals surface area (Å²) < 4.78 is 20.3. The second-order valence-corrected chi connectivity index (χ2v) is 5.37. The van der Waals surface area contributed by atoms with Gasteiger partial charge in [0.1, 0.15) is 17.7 Å². The summed E-state index contributed by atoms with van der Waals surface area (Å²) in [6, 6.07) is 7.81. The Morgan fingerprint density at radius 1 is 1.32 bits per heavy atom. The molecule has 116 valence electrons. The third-order valence-corrected chi connectivity index (χ3v) is 3.65. The zero-order valence-corrected chi connectivity index (χ0v) is 12.2. The topological polar surface area (TPSA) is 47.4 Å². The van der Waals surface area contributed by atoms with Crippen LogP contribution in [0.5, 0.6) is 5.75 Å². The van der Waals surface area contributed by atoms with Crippen molar-refractivity contribution in [3.05, 3.63) is 48.5 Å². The largest absolute Gasteiger partial charge is 0.487 e. The number of aryl methyl sites for hydroxylation is 1. The van der Waals surface area contributed by atoms with E-state index < -0.39 is 0 Å². The van der Waals surface area contributed by atoms with E-state index in [1.54, 1.807) is 23.2 Å². The highest BCUT2D eigenvalue weighted by Crippen LogP contribution is 2.19. The maximum atomic E-state index is 12.8. The van der Waals surface area contributed by atoms with Crippen molar-refractivity contribution in [3.8, 4) is 5.75 Å². The summed E-state index contributed by atoms with van der Waals surface area (Å²) in [5.74, 6) is 0.498. The summed E-state index contributed by atoms with van der Waals surface area (Å²) in [6.07, 6.45) is 4.92. The van der Waals surface area contributed by atoms with Crippen LogP contribution in [0.2, 0.25) is 0 Å². The van der Waals surface area contributed by atoms with Gasteiger partial charge in [0.2, 0.25) is 5.91 Å². The monoisotopic (exact) mass is 303 g/mol. The molecule has 0 aliphatic carbocycles. The zero-order chi connectivity index (χ0) is 15.4. The fourth-order valence-corrected chi connectivity index (χ4v) is 2.41. The third-order valence-electron chi connectivity index (χ3n) is 3.65. The molecule has 0 bridgehead atoms. The van der Waals surface area contributed by atoms with Crippen molar-refractivity contribution in [2.75, 3.05) is 13.1 Å². The fourth-order valence-electron chi connectivity index (χ4n) is 2.41. The number of rotatable bonds is 6. The number of halogens is 1. The van der Waals surface area contributed by atoms with Crippen molar-refractivity contribution in [2.24, 2.45) is 0 Å². The first-order chi connectivity index (χ1) is 10.7. The van der Waals surface area contributed by atoms with Gasteiger partial charge in [0.15, 0.2) is 0 Å². The second kappa shape index (κ2) is 6.60. The number of nitrogens with zero attached hydrogens (tertiary/aromatic N) is 3. The van der Waals surface area contributed by atoms with E-state index in [1.165, 1.54) is 12.1 Å². The van der Waals surface area contributed by atoms with Gasteiger partial charge in [-0.25, -0.2) is 4.39 Å². The molecule has 1 aliphatic rings. The van der Waals surface area contributed by atoms with Crippen LogP contribution < -0.4 is 4.74 Å². The van der Waals surface area contributed by atoms with Crippen LogP contribution in [-0.2, 0) is 11.3 Å². The minimum atomic E-state index is -0.282. The highest BCUT2D eigenvalue weighted by atomic mass is 19.1. The molecule has 1 amide bonds. The van der Waals surface area contributed by atoms with Crippen molar-refractivity contribution in [3.63, 3.8) is 0 Å². The van der Waals surface area contributed by atoms with Crippen molar-refractivity contribution < 1.29 is 13.9 Å². The number of hydrogen-bond acceptors (Lipinski definition) is 3. The van der Waals surface area contributed by atoms with Gasteiger partial charge in [-0.1, -0.05) is 0 Å². The minimum absolute atomic E-state index is 0.000488. The van der Waals surface area contributed by atoms with E-state index in [9.17, 15) is 9.18 Å². The first-order valence-electron chi connectivity index (χ1n) is 7.38. The summed E-state index contributed by atoms with van der Waals surface area (Å²) in [4.78, 5) is 13.8. The SMILES string of the molecule is O=C(CCCn1cccn1)N1CC(Oc2ccc(F)cc2)C1. The molecule has 0 unspecified atom stereocenters. The lowest BCUT2D eigenvalue weighted by molar-refractivity contribution is -0.140. The maximum Gasteiger partial charge on any atom is 0.222 e. The van der Waals surface area contributed by atoms with E-state index in [0.29, 0.717) is 25.3 Å². The first kappa shape index (κ1) is 14.6. The van der Waals surface area contributed by atoms with Gasteiger partial charge in [-0.3, -0.25) is 9.48 Å². The molecule has 2 aromatic rings. The number of carbonyl (C=O) groups excluding carboxylic acids is 1. The van der Waals surface area contributed by atoms with Crippen LogP contribution in [0.3, 0.4) is 0 Å². The highest BCUT2D eigenvalue weighted by Gasteiger charge is 2.31. The minimum Gasteiger partial charge on any atom is -0.487 e. The maximum absolute atomic E-state index is 12.8. The van der Waals surface area contributed by atoms with E-state index in [4.69, 9.17) is 4.74 Å². The van der Waals surface area contributed by atoms with Gasteiger partial charge in [-0.15, -0.1) is 0 Å². The van der Waals surface area contributed by atoms with Crippen molar-refractivity contribution in [1.82, 2.24) is 14.7 Å². The Hall–Kier alpha value is -2.37. The molecule has 6 heteroatoms. The lowest BCUT2D eigenvalue weighted by Crippen LogP contribution is -2.56. The Bertz CT molecular complexity index is 607. The van der Waals surface area contributed by atoms with Crippen molar-refractivity contribution in [2.45, 2.75) is 25.5 Å². The molecule has 0 N–H and O–H groups in total. The predicted molar refractivity (Wildman–Crippen MR) is 78.9 cm³/mol. The summed E-state index contributed by atoms with van der Waals surface area (Å²) in [5, 5.41) is 4.10. The normalized spacial score (nSPS) is 14.7. The molecular formula is C16H18FN3O2. The number of amides is 1. The molecule has 0 spiro atoms. The Labute approximate surface area is 128 Å². The molecular weight excluding hydrogens is 285 g/mol. The quantitative estimate of drug-likeness (QED) is 0.821. The Balaban J connectivity index is 1.35. The third kappa shape index (κ3) is 3.63. The van der Waals surface area contributed by atoms with Crippen LogP contribution in [-0.4, -0.2) is 39.8 Å². The van der Waals surface area contributed by atoms with Crippen LogP contribution in [0.4, 0.5) is 4.39 Å². The Kier molecular flexibility index (Phi) is 4.37. The second-order valence-electron chi connectivity index (χ2n) is 5.37. The van der Waals surface area contributed by atoms with E-state index in [1.807, 2.05) is 16.9 Å². The fraction of sp³-hybridized carbons (Fsp3) is 0.375. The number of likely N-dealkylation sites (tertiary alicyclic amines) is 1. The zero-order valence-electron chi connectivity index (χ0n) is 12.2. The molecule has 5 nitrogen and oxygen atoms in total. The van der Waals surface area contributed by atoms with Crippen molar-refractivity contribution >= 4 is 5.91 Å². The molecule has 2 heterocycles. The lowest BCUT2D eigenvalue weighted by atomic mass is 10.1. The van der Waals surface area contributed by atoms with E-state index >= 15 is 0 Å². The highest BCUT2D eigenvalue weighted by molar-refractivity contribution is 5.77. The summed E-state index contributed by atoms with van der Waals surface area (Å²) in [7, 11) is 0. The van der Waals surface area contributed by atoms with Gasteiger partial charge in [0.05, 0.1) is 13.1 Å². The Morgan fingerprint density at radius 3 is 2.77 bits per heavy atom. The van der Waals surface area contributed by atoms with Crippen LogP contribution in [0.25, 0.3) is 0 Å². The van der Waals surface area contributed by atoms with Crippen LogP contribution >= 0.6 is 0 Å². The van der Waals surface area contributed by atoms with Gasteiger partial charge >= 0.3 is 0 Å². The summed E-state index contributed by atoms with van der Waals surface area (Å²) >= 11 is 0. The average Bonchev–Trinajstić information content (AvgIpc) is 2.97. The summed E-state index contributed by atoms with van der Waals surface area (Å²) in [5.41, 5.74) is 0. The molecule has 1 aliphatic heterocycles. The lowest BCUT2D eigenvalue weighted by Gasteiger charge is -2.39. The summed E-state index contributed by atoms with van der Waals surface area (Å²) in [6.45, 7) is 1.94. The van der Waals surface area contributed by atoms with Crippen LogP contribution in [0.1, 0.15) is 12.8 Å². The molecule has 3 rings (SSSR count). The number of hydrogen-bond donors (Lipinski definition) is 0. The van der Waals surface area contributed by atoms with E-state index in [2.05, 4.69) is 5.10 Å². The standard InChI is InChI=1S/C16H18FN3O2/c17-13-4-6-14(7-5-13)22-15-11-19(12-15)16(21)3-1-9-20-10-2-8-18-20/h2,4-8,10,15H,1,3,9,11-12H2. The molecule has 0 saturated carbocycles. The first-order valence-corrected chi connectivity index (χ1v) is 7.38. The number of benzene rings is 1. The molecule has 0 atom stereocenters. The van der Waals surface area contributed by atoms with E-state index in [0.717, 1.165) is 13.0 Å². The van der Waals surface area contributed by atoms with Gasteiger partial charge in [0.25, 0.3) is 0 Å². The van der Waals surface area contributed by atoms with E-state index in [-0.39, 0.29) is 17.8 Å².